The molecule has 0 fully saturated rings. The third-order valence-corrected chi connectivity index (χ3v) is 4.57. The molecule has 6 nitrogen and oxygen atoms in total. The fraction of sp³-hybridized carbons (Fsp3) is 0.120. The van der Waals surface area contributed by atoms with Gasteiger partial charge in [0.05, 0.1) is 25.6 Å². The van der Waals surface area contributed by atoms with Crippen LogP contribution in [0.3, 0.4) is 0 Å². The quantitative estimate of drug-likeness (QED) is 0.536. The van der Waals surface area contributed by atoms with Crippen LogP contribution in [0.25, 0.3) is 6.08 Å². The lowest BCUT2D eigenvalue weighted by Crippen LogP contribution is -2.14. The first-order chi connectivity index (χ1) is 15.0. The number of anilines is 2. The maximum Gasteiger partial charge on any atom is 0.255 e. The van der Waals surface area contributed by atoms with E-state index in [-0.39, 0.29) is 11.8 Å². The molecule has 2 amide bonds. The monoisotopic (exact) mass is 416 g/mol. The molecule has 31 heavy (non-hydrogen) atoms. The highest BCUT2D eigenvalue weighted by Crippen LogP contribution is 2.36. The second kappa shape index (κ2) is 10.1. The van der Waals surface area contributed by atoms with Gasteiger partial charge in [0, 0.05) is 23.8 Å². The largest absolute Gasteiger partial charge is 0.494 e. The van der Waals surface area contributed by atoms with Gasteiger partial charge < -0.3 is 20.1 Å². The maximum absolute atomic E-state index is 12.5. The molecule has 3 rings (SSSR count). The Kier molecular flexibility index (Phi) is 7.06. The average Bonchev–Trinajstić information content (AvgIpc) is 2.79. The first kappa shape index (κ1) is 21.6. The van der Waals surface area contributed by atoms with Crippen molar-refractivity contribution in [3.05, 3.63) is 89.5 Å². The van der Waals surface area contributed by atoms with Crippen molar-refractivity contribution in [1.29, 1.82) is 0 Å². The van der Waals surface area contributed by atoms with Crippen LogP contribution in [-0.2, 0) is 4.79 Å². The summed E-state index contributed by atoms with van der Waals surface area (Å²) >= 11 is 0. The van der Waals surface area contributed by atoms with Gasteiger partial charge in [-0.2, -0.15) is 0 Å². The highest BCUT2D eigenvalue weighted by atomic mass is 16.5. The molecular formula is C25H24N2O4. The summed E-state index contributed by atoms with van der Waals surface area (Å²) in [6.07, 6.45) is 3.18. The minimum absolute atomic E-state index is 0.279. The van der Waals surface area contributed by atoms with E-state index in [1.165, 1.54) is 20.3 Å². The molecule has 0 aliphatic rings. The van der Waals surface area contributed by atoms with Crippen molar-refractivity contribution in [3.63, 3.8) is 0 Å². The van der Waals surface area contributed by atoms with Gasteiger partial charge in [0.15, 0.2) is 0 Å². The van der Waals surface area contributed by atoms with Crippen LogP contribution in [0.5, 0.6) is 11.5 Å². The number of hydrogen-bond acceptors (Lipinski definition) is 4. The van der Waals surface area contributed by atoms with Gasteiger partial charge in [-0.25, -0.2) is 0 Å². The van der Waals surface area contributed by atoms with Gasteiger partial charge in [-0.15, -0.1) is 0 Å². The number of methoxy groups -OCH3 is 2. The summed E-state index contributed by atoms with van der Waals surface area (Å²) < 4.78 is 10.8. The van der Waals surface area contributed by atoms with Crippen molar-refractivity contribution in [1.82, 2.24) is 0 Å². The summed E-state index contributed by atoms with van der Waals surface area (Å²) in [6.45, 7) is 2.01. The molecule has 0 aliphatic heterocycles. The highest BCUT2D eigenvalue weighted by molar-refractivity contribution is 6.06. The van der Waals surface area contributed by atoms with Crippen LogP contribution in [0.15, 0.2) is 72.8 Å². The van der Waals surface area contributed by atoms with E-state index in [4.69, 9.17) is 9.47 Å². The highest BCUT2D eigenvalue weighted by Gasteiger charge is 2.15. The van der Waals surface area contributed by atoms with Gasteiger partial charge in [0.2, 0.25) is 5.91 Å². The molecule has 0 aliphatic carbocycles. The smallest absolute Gasteiger partial charge is 0.255 e. The van der Waals surface area contributed by atoms with Gasteiger partial charge in [-0.05, 0) is 30.7 Å². The molecule has 0 unspecified atom stereocenters. The van der Waals surface area contributed by atoms with Crippen LogP contribution in [0.2, 0.25) is 0 Å². The first-order valence-electron chi connectivity index (χ1n) is 9.68. The molecule has 158 valence electrons. The molecule has 0 radical (unpaired) electrons. The van der Waals surface area contributed by atoms with Crippen molar-refractivity contribution in [2.75, 3.05) is 24.9 Å². The van der Waals surface area contributed by atoms with Crippen LogP contribution in [0, 0.1) is 6.92 Å². The van der Waals surface area contributed by atoms with E-state index in [9.17, 15) is 9.59 Å². The fourth-order valence-electron chi connectivity index (χ4n) is 2.90. The lowest BCUT2D eigenvalue weighted by Gasteiger charge is -2.16. The summed E-state index contributed by atoms with van der Waals surface area (Å²) in [5.41, 5.74) is 3.45. The molecule has 0 heterocycles. The average molecular weight is 416 g/mol. The molecule has 0 spiro atoms. The van der Waals surface area contributed by atoms with Gasteiger partial charge in [-0.1, -0.05) is 48.0 Å². The molecule has 0 bridgehead atoms. The van der Waals surface area contributed by atoms with Crippen LogP contribution >= 0.6 is 0 Å². The molecule has 3 aromatic rings. The Morgan fingerprint density at radius 1 is 0.806 bits per heavy atom. The predicted molar refractivity (Wildman–Crippen MR) is 123 cm³/mol. The second-order valence-corrected chi connectivity index (χ2v) is 6.81. The zero-order valence-electron chi connectivity index (χ0n) is 17.6. The Balaban J connectivity index is 1.78. The zero-order valence-corrected chi connectivity index (χ0v) is 17.6. The van der Waals surface area contributed by atoms with Gasteiger partial charge >= 0.3 is 0 Å². The lowest BCUT2D eigenvalue weighted by atomic mass is 10.1. The number of carbonyl (C=O) groups excluding carboxylic acids is 2. The van der Waals surface area contributed by atoms with E-state index in [1.807, 2.05) is 37.3 Å². The molecule has 2 N–H and O–H groups in total. The summed E-state index contributed by atoms with van der Waals surface area (Å²) in [6, 6.07) is 19.9. The predicted octanol–water partition coefficient (Wildman–Crippen LogP) is 4.92. The number of ether oxygens (including phenoxy) is 2. The molecular weight excluding hydrogens is 392 g/mol. The van der Waals surface area contributed by atoms with E-state index in [0.717, 1.165) is 11.1 Å². The third-order valence-electron chi connectivity index (χ3n) is 4.57. The minimum atomic E-state index is -0.318. The summed E-state index contributed by atoms with van der Waals surface area (Å²) in [5.74, 6) is 0.185. The third kappa shape index (κ3) is 5.73. The molecule has 0 saturated carbocycles. The van der Waals surface area contributed by atoms with Crippen molar-refractivity contribution in [3.8, 4) is 11.5 Å². The van der Waals surface area contributed by atoms with Crippen molar-refractivity contribution >= 4 is 29.3 Å². The Bertz CT molecular complexity index is 1090. The number of benzene rings is 3. The number of rotatable bonds is 7. The summed E-state index contributed by atoms with van der Waals surface area (Å²) in [7, 11) is 2.98. The Morgan fingerprint density at radius 3 is 1.97 bits per heavy atom. The van der Waals surface area contributed by atoms with Crippen LogP contribution in [0.1, 0.15) is 21.5 Å². The van der Waals surface area contributed by atoms with Crippen molar-refractivity contribution in [2.24, 2.45) is 0 Å². The SMILES string of the molecule is COc1cc(NC(=O)c2ccccc2)c(OC)cc1NC(=O)/C=C/c1ccc(C)cc1. The van der Waals surface area contributed by atoms with Crippen molar-refractivity contribution in [2.45, 2.75) is 6.92 Å². The molecule has 0 saturated heterocycles. The summed E-state index contributed by atoms with van der Waals surface area (Å²) in [4.78, 5) is 24.9. The molecule has 6 heteroatoms. The van der Waals surface area contributed by atoms with Crippen LogP contribution in [0.4, 0.5) is 11.4 Å². The van der Waals surface area contributed by atoms with E-state index < -0.39 is 0 Å². The maximum atomic E-state index is 12.5. The Hall–Kier alpha value is -4.06. The minimum Gasteiger partial charge on any atom is -0.494 e. The Morgan fingerprint density at radius 2 is 1.39 bits per heavy atom. The van der Waals surface area contributed by atoms with Gasteiger partial charge in [-0.3, -0.25) is 9.59 Å². The molecule has 0 aromatic heterocycles. The van der Waals surface area contributed by atoms with E-state index in [1.54, 1.807) is 42.5 Å². The first-order valence-corrected chi connectivity index (χ1v) is 9.68. The number of hydrogen-bond donors (Lipinski definition) is 2. The molecule has 0 atom stereocenters. The van der Waals surface area contributed by atoms with E-state index in [2.05, 4.69) is 10.6 Å². The number of aryl methyl sites for hydroxylation is 1. The number of nitrogens with one attached hydrogen (secondary N) is 2. The number of carbonyl (C=O) groups is 2. The standard InChI is InChI=1S/C25H24N2O4/c1-17-9-11-18(12-10-17)13-14-24(28)26-20-15-23(31-3)21(16-22(20)30-2)27-25(29)19-7-5-4-6-8-19/h4-16H,1-3H3,(H,26,28)(H,27,29)/b14-13+. The summed E-state index contributed by atoms with van der Waals surface area (Å²) in [5, 5.41) is 5.60. The normalized spacial score (nSPS) is 10.5. The fourth-order valence-corrected chi connectivity index (χ4v) is 2.90. The van der Waals surface area contributed by atoms with E-state index >= 15 is 0 Å². The lowest BCUT2D eigenvalue weighted by molar-refractivity contribution is -0.111. The van der Waals surface area contributed by atoms with E-state index in [0.29, 0.717) is 28.4 Å². The van der Waals surface area contributed by atoms with Gasteiger partial charge in [0.25, 0.3) is 5.91 Å². The molecule has 3 aromatic carbocycles. The van der Waals surface area contributed by atoms with Gasteiger partial charge in [0.1, 0.15) is 11.5 Å². The van der Waals surface area contributed by atoms with Crippen molar-refractivity contribution < 1.29 is 19.1 Å². The Labute approximate surface area is 181 Å². The topological polar surface area (TPSA) is 76.7 Å². The second-order valence-electron chi connectivity index (χ2n) is 6.81. The zero-order chi connectivity index (χ0) is 22.2. The number of amides is 2. The van der Waals surface area contributed by atoms with Crippen LogP contribution in [-0.4, -0.2) is 26.0 Å². The van der Waals surface area contributed by atoms with Crippen LogP contribution < -0.4 is 20.1 Å².